The number of aromatic nitrogens is 1. The third-order valence-electron chi connectivity index (χ3n) is 3.65. The van der Waals surface area contributed by atoms with Gasteiger partial charge in [-0.2, -0.15) is 0 Å². The summed E-state index contributed by atoms with van der Waals surface area (Å²) in [4.78, 5) is 4.37. The summed E-state index contributed by atoms with van der Waals surface area (Å²) in [6, 6.07) is 2.31. The van der Waals surface area contributed by atoms with Crippen LogP contribution in [0.4, 0.5) is 0 Å². The van der Waals surface area contributed by atoms with Crippen molar-refractivity contribution < 1.29 is 8.42 Å². The maximum absolute atomic E-state index is 11.8. The number of hydrogen-bond donors (Lipinski definition) is 1. The van der Waals surface area contributed by atoms with Gasteiger partial charge in [0.1, 0.15) is 0 Å². The van der Waals surface area contributed by atoms with Crippen molar-refractivity contribution in [3.63, 3.8) is 0 Å². The van der Waals surface area contributed by atoms with Gasteiger partial charge in [0.05, 0.1) is 11.4 Å². The van der Waals surface area contributed by atoms with Gasteiger partial charge < -0.3 is 5.32 Å². The summed E-state index contributed by atoms with van der Waals surface area (Å²) in [5.74, 6) is 0.181. The molecule has 0 unspecified atom stereocenters. The molecule has 2 rings (SSSR count). The number of nitrogens with one attached hydrogen (secondary N) is 1. The van der Waals surface area contributed by atoms with Crippen LogP contribution in [-0.2, 0) is 16.6 Å². The molecule has 0 aliphatic carbocycles. The minimum atomic E-state index is -3.04. The standard InChI is InChI=1S/C13H19Br2N3O2S/c1-2-21(19,20)18-5-3-11(4-6-18)16-9-13-12(15)7-10(14)8-17-13/h7-8,11,16H,2-6,9H2,1H3. The van der Waals surface area contributed by atoms with E-state index in [2.05, 4.69) is 42.2 Å². The first-order valence-corrected chi connectivity index (χ1v) is 10.1. The summed E-state index contributed by atoms with van der Waals surface area (Å²) < 4.78 is 27.1. The van der Waals surface area contributed by atoms with Crippen molar-refractivity contribution in [2.75, 3.05) is 18.8 Å². The van der Waals surface area contributed by atoms with Crippen LogP contribution in [0.3, 0.4) is 0 Å². The highest BCUT2D eigenvalue weighted by Gasteiger charge is 2.26. The molecule has 0 aromatic carbocycles. The van der Waals surface area contributed by atoms with Crippen molar-refractivity contribution in [1.82, 2.24) is 14.6 Å². The molecular formula is C13H19Br2N3O2S. The highest BCUT2D eigenvalue weighted by molar-refractivity contribution is 9.11. The van der Waals surface area contributed by atoms with Crippen molar-refractivity contribution >= 4 is 41.9 Å². The molecule has 0 atom stereocenters. The predicted molar refractivity (Wildman–Crippen MR) is 90.5 cm³/mol. The van der Waals surface area contributed by atoms with Gasteiger partial charge >= 0.3 is 0 Å². The van der Waals surface area contributed by atoms with Crippen LogP contribution < -0.4 is 5.32 Å². The van der Waals surface area contributed by atoms with E-state index in [1.54, 1.807) is 17.4 Å². The summed E-state index contributed by atoms with van der Waals surface area (Å²) in [6.07, 6.45) is 3.46. The summed E-state index contributed by atoms with van der Waals surface area (Å²) in [7, 11) is -3.04. The van der Waals surface area contributed by atoms with E-state index < -0.39 is 10.0 Å². The second kappa shape index (κ2) is 7.50. The second-order valence-corrected chi connectivity index (χ2v) is 9.06. The fourth-order valence-electron chi connectivity index (χ4n) is 2.33. The van der Waals surface area contributed by atoms with Crippen molar-refractivity contribution in [1.29, 1.82) is 0 Å². The first kappa shape index (κ1) is 17.3. The van der Waals surface area contributed by atoms with Crippen LogP contribution in [0, 0.1) is 0 Å². The maximum atomic E-state index is 11.8. The van der Waals surface area contributed by atoms with E-state index in [-0.39, 0.29) is 5.75 Å². The number of halogens is 2. The quantitative estimate of drug-likeness (QED) is 0.763. The Morgan fingerprint density at radius 1 is 1.38 bits per heavy atom. The lowest BCUT2D eigenvalue weighted by Gasteiger charge is -2.31. The number of nitrogens with zero attached hydrogens (tertiary/aromatic N) is 2. The number of hydrogen-bond acceptors (Lipinski definition) is 4. The lowest BCUT2D eigenvalue weighted by atomic mass is 10.1. The van der Waals surface area contributed by atoms with E-state index in [0.717, 1.165) is 27.5 Å². The van der Waals surface area contributed by atoms with Crippen molar-refractivity contribution in [3.05, 3.63) is 26.9 Å². The Morgan fingerprint density at radius 2 is 2.05 bits per heavy atom. The topological polar surface area (TPSA) is 62.3 Å². The Morgan fingerprint density at radius 3 is 2.62 bits per heavy atom. The molecule has 1 fully saturated rings. The number of pyridine rings is 1. The first-order chi connectivity index (χ1) is 9.92. The molecular weight excluding hydrogens is 422 g/mol. The monoisotopic (exact) mass is 439 g/mol. The number of sulfonamides is 1. The highest BCUT2D eigenvalue weighted by atomic mass is 79.9. The van der Waals surface area contributed by atoms with Gasteiger partial charge in [-0.25, -0.2) is 12.7 Å². The zero-order valence-corrected chi connectivity index (χ0v) is 15.8. The molecule has 21 heavy (non-hydrogen) atoms. The average Bonchev–Trinajstić information content (AvgIpc) is 2.47. The van der Waals surface area contributed by atoms with E-state index >= 15 is 0 Å². The molecule has 0 radical (unpaired) electrons. The summed E-state index contributed by atoms with van der Waals surface area (Å²) in [6.45, 7) is 3.57. The minimum absolute atomic E-state index is 0.181. The molecule has 8 heteroatoms. The van der Waals surface area contributed by atoms with Crippen LogP contribution in [0.25, 0.3) is 0 Å². The van der Waals surface area contributed by atoms with Gasteiger partial charge in [-0.1, -0.05) is 0 Å². The van der Waals surface area contributed by atoms with Crippen LogP contribution in [0.5, 0.6) is 0 Å². The average molecular weight is 441 g/mol. The Labute approximate surface area is 142 Å². The molecule has 0 spiro atoms. The van der Waals surface area contributed by atoms with E-state index in [1.165, 1.54) is 0 Å². The van der Waals surface area contributed by atoms with E-state index in [0.29, 0.717) is 25.7 Å². The fourth-order valence-corrected chi connectivity index (χ4v) is 4.59. The van der Waals surface area contributed by atoms with Gasteiger partial charge in [-0.3, -0.25) is 4.98 Å². The Bertz CT molecular complexity index is 587. The van der Waals surface area contributed by atoms with Crippen molar-refractivity contribution in [2.45, 2.75) is 32.4 Å². The molecule has 2 heterocycles. The van der Waals surface area contributed by atoms with Crippen LogP contribution in [0.1, 0.15) is 25.5 Å². The zero-order valence-electron chi connectivity index (χ0n) is 11.8. The summed E-state index contributed by atoms with van der Waals surface area (Å²) in [5, 5.41) is 3.46. The van der Waals surface area contributed by atoms with Gasteiger partial charge in [0.15, 0.2) is 0 Å². The van der Waals surface area contributed by atoms with Crippen LogP contribution in [-0.4, -0.2) is 42.6 Å². The van der Waals surface area contributed by atoms with Crippen LogP contribution in [0.2, 0.25) is 0 Å². The van der Waals surface area contributed by atoms with Gasteiger partial charge in [-0.05, 0) is 57.7 Å². The molecule has 1 aromatic rings. The predicted octanol–water partition coefficient (Wildman–Crippen LogP) is 2.51. The normalized spacial score (nSPS) is 18.0. The number of piperidine rings is 1. The Hall–Kier alpha value is -0.0200. The minimum Gasteiger partial charge on any atom is -0.308 e. The molecule has 0 saturated carbocycles. The Kier molecular flexibility index (Phi) is 6.19. The molecule has 1 saturated heterocycles. The summed E-state index contributed by atoms with van der Waals surface area (Å²) >= 11 is 6.88. The molecule has 118 valence electrons. The van der Waals surface area contributed by atoms with Crippen molar-refractivity contribution in [3.8, 4) is 0 Å². The SMILES string of the molecule is CCS(=O)(=O)N1CCC(NCc2ncc(Br)cc2Br)CC1. The molecule has 1 aliphatic heterocycles. The van der Waals surface area contributed by atoms with E-state index in [1.807, 2.05) is 6.07 Å². The zero-order chi connectivity index (χ0) is 15.5. The van der Waals surface area contributed by atoms with Gasteiger partial charge in [0, 0.05) is 40.8 Å². The third kappa shape index (κ3) is 4.72. The van der Waals surface area contributed by atoms with E-state index in [9.17, 15) is 8.42 Å². The maximum Gasteiger partial charge on any atom is 0.213 e. The van der Waals surface area contributed by atoms with Crippen LogP contribution in [0.15, 0.2) is 21.2 Å². The lowest BCUT2D eigenvalue weighted by Crippen LogP contribution is -2.45. The van der Waals surface area contributed by atoms with Crippen molar-refractivity contribution in [2.24, 2.45) is 0 Å². The first-order valence-electron chi connectivity index (χ1n) is 6.93. The van der Waals surface area contributed by atoms with Crippen LogP contribution >= 0.6 is 31.9 Å². The van der Waals surface area contributed by atoms with E-state index in [4.69, 9.17) is 0 Å². The summed E-state index contributed by atoms with van der Waals surface area (Å²) in [5.41, 5.74) is 0.960. The van der Waals surface area contributed by atoms with Gasteiger partial charge in [0.25, 0.3) is 0 Å². The second-order valence-electron chi connectivity index (χ2n) is 5.04. The molecule has 5 nitrogen and oxygen atoms in total. The highest BCUT2D eigenvalue weighted by Crippen LogP contribution is 2.20. The molecule has 1 aromatic heterocycles. The smallest absolute Gasteiger partial charge is 0.213 e. The fraction of sp³-hybridized carbons (Fsp3) is 0.615. The molecule has 0 amide bonds. The molecule has 0 bridgehead atoms. The molecule has 1 N–H and O–H groups in total. The Balaban J connectivity index is 1.84. The largest absolute Gasteiger partial charge is 0.308 e. The van der Waals surface area contributed by atoms with Gasteiger partial charge in [0.2, 0.25) is 10.0 Å². The lowest BCUT2D eigenvalue weighted by molar-refractivity contribution is 0.288. The molecule has 1 aliphatic rings. The third-order valence-corrected chi connectivity index (χ3v) is 6.66. The number of rotatable bonds is 5. The van der Waals surface area contributed by atoms with Gasteiger partial charge in [-0.15, -0.1) is 0 Å².